The van der Waals surface area contributed by atoms with E-state index >= 15 is 0 Å². The third-order valence-electron chi connectivity index (χ3n) is 3.44. The van der Waals surface area contributed by atoms with Crippen LogP contribution in [0.3, 0.4) is 0 Å². The molecular weight excluding hydrogens is 214 g/mol. The first-order valence-electron chi connectivity index (χ1n) is 6.14. The minimum absolute atomic E-state index is 0.116. The molecule has 0 saturated carbocycles. The number of likely N-dealkylation sites (N-methyl/N-ethyl adjacent to an activating group) is 1. The molecule has 1 aliphatic rings. The number of carbonyl (C=O) groups excluding carboxylic acids is 1. The third kappa shape index (κ3) is 2.64. The zero-order valence-corrected chi connectivity index (χ0v) is 10.2. The van der Waals surface area contributed by atoms with Gasteiger partial charge in [-0.2, -0.15) is 0 Å². The Kier molecular flexibility index (Phi) is 3.74. The Labute approximate surface area is 102 Å². The monoisotopic (exact) mass is 233 g/mol. The van der Waals surface area contributed by atoms with Crippen molar-refractivity contribution in [3.05, 3.63) is 30.1 Å². The maximum Gasteiger partial charge on any atom is 0.240 e. The third-order valence-corrected chi connectivity index (χ3v) is 3.44. The fraction of sp³-hybridized carbons (Fsp3) is 0.538. The van der Waals surface area contributed by atoms with Gasteiger partial charge in [-0.1, -0.05) is 6.07 Å². The minimum Gasteiger partial charge on any atom is -0.358 e. The summed E-state index contributed by atoms with van der Waals surface area (Å²) in [5.74, 6) is 0.116. The van der Waals surface area contributed by atoms with Crippen LogP contribution in [0.4, 0.5) is 0 Å². The van der Waals surface area contributed by atoms with Crippen molar-refractivity contribution in [3.8, 4) is 0 Å². The van der Waals surface area contributed by atoms with Crippen molar-refractivity contribution < 1.29 is 4.79 Å². The van der Waals surface area contributed by atoms with Crippen molar-refractivity contribution in [2.75, 3.05) is 13.6 Å². The summed E-state index contributed by atoms with van der Waals surface area (Å²) < 4.78 is 0. The second-order valence-electron chi connectivity index (χ2n) is 4.51. The van der Waals surface area contributed by atoms with Crippen molar-refractivity contribution in [2.45, 2.75) is 31.2 Å². The van der Waals surface area contributed by atoms with Crippen LogP contribution >= 0.6 is 0 Å². The SMILES string of the molecule is CNC(=O)C1(CCCc2ccccn2)CCN1. The van der Waals surface area contributed by atoms with E-state index in [1.165, 1.54) is 0 Å². The molecular formula is C13H19N3O. The topological polar surface area (TPSA) is 54.0 Å². The summed E-state index contributed by atoms with van der Waals surface area (Å²) in [4.78, 5) is 16.1. The largest absolute Gasteiger partial charge is 0.358 e. The van der Waals surface area contributed by atoms with Crippen LogP contribution in [0.15, 0.2) is 24.4 Å². The summed E-state index contributed by atoms with van der Waals surface area (Å²) in [6.45, 7) is 0.941. The number of rotatable bonds is 5. The van der Waals surface area contributed by atoms with Crippen molar-refractivity contribution in [1.29, 1.82) is 0 Å². The second kappa shape index (κ2) is 5.27. The Morgan fingerprint density at radius 3 is 2.94 bits per heavy atom. The van der Waals surface area contributed by atoms with Gasteiger partial charge < -0.3 is 10.6 Å². The van der Waals surface area contributed by atoms with E-state index < -0.39 is 0 Å². The first kappa shape index (κ1) is 12.0. The minimum atomic E-state index is -0.316. The predicted octanol–water partition coefficient (Wildman–Crippen LogP) is 0.882. The molecule has 2 heterocycles. The summed E-state index contributed by atoms with van der Waals surface area (Å²) >= 11 is 0. The van der Waals surface area contributed by atoms with Crippen LogP contribution in [-0.4, -0.2) is 30.0 Å². The smallest absolute Gasteiger partial charge is 0.240 e. The molecule has 0 spiro atoms. The van der Waals surface area contributed by atoms with Gasteiger partial charge in [-0.05, 0) is 44.4 Å². The number of aromatic nitrogens is 1. The fourth-order valence-electron chi connectivity index (χ4n) is 2.30. The second-order valence-corrected chi connectivity index (χ2v) is 4.51. The number of aryl methyl sites for hydroxylation is 1. The molecule has 4 heteroatoms. The van der Waals surface area contributed by atoms with E-state index in [2.05, 4.69) is 15.6 Å². The van der Waals surface area contributed by atoms with Crippen LogP contribution in [0.25, 0.3) is 0 Å². The number of hydrogen-bond acceptors (Lipinski definition) is 3. The Morgan fingerprint density at radius 2 is 2.41 bits per heavy atom. The van der Waals surface area contributed by atoms with E-state index in [4.69, 9.17) is 0 Å². The average molecular weight is 233 g/mol. The average Bonchev–Trinajstić information content (AvgIpc) is 2.33. The Morgan fingerprint density at radius 1 is 1.59 bits per heavy atom. The molecule has 1 aromatic heterocycles. The first-order valence-corrected chi connectivity index (χ1v) is 6.14. The normalized spacial score (nSPS) is 22.9. The summed E-state index contributed by atoms with van der Waals surface area (Å²) in [5.41, 5.74) is 0.780. The van der Waals surface area contributed by atoms with E-state index in [0.29, 0.717) is 0 Å². The molecule has 1 unspecified atom stereocenters. The molecule has 0 aliphatic carbocycles. The lowest BCUT2D eigenvalue weighted by Crippen LogP contribution is -2.65. The molecule has 1 saturated heterocycles. The lowest BCUT2D eigenvalue weighted by molar-refractivity contribution is -0.130. The van der Waals surface area contributed by atoms with Gasteiger partial charge in [0.15, 0.2) is 0 Å². The Bertz CT molecular complexity index is 374. The van der Waals surface area contributed by atoms with Crippen LogP contribution in [0.2, 0.25) is 0 Å². The number of hydrogen-bond donors (Lipinski definition) is 2. The zero-order chi connectivity index (χ0) is 12.1. The number of amides is 1. The van der Waals surface area contributed by atoms with E-state index in [9.17, 15) is 4.79 Å². The van der Waals surface area contributed by atoms with E-state index in [0.717, 1.165) is 37.9 Å². The molecule has 4 nitrogen and oxygen atoms in total. The van der Waals surface area contributed by atoms with E-state index in [-0.39, 0.29) is 11.4 Å². The molecule has 1 atom stereocenters. The van der Waals surface area contributed by atoms with Gasteiger partial charge >= 0.3 is 0 Å². The summed E-state index contributed by atoms with van der Waals surface area (Å²) in [5, 5.41) is 6.00. The van der Waals surface area contributed by atoms with Gasteiger partial charge in [0, 0.05) is 18.9 Å². The van der Waals surface area contributed by atoms with Crippen molar-refractivity contribution in [2.24, 2.45) is 0 Å². The number of nitrogens with zero attached hydrogens (tertiary/aromatic N) is 1. The molecule has 2 N–H and O–H groups in total. The summed E-state index contributed by atoms with van der Waals surface area (Å²) in [6.07, 6.45) is 5.54. The number of carbonyl (C=O) groups is 1. The maximum absolute atomic E-state index is 11.8. The summed E-state index contributed by atoms with van der Waals surface area (Å²) in [6, 6.07) is 5.95. The summed E-state index contributed by atoms with van der Waals surface area (Å²) in [7, 11) is 1.70. The van der Waals surface area contributed by atoms with Crippen LogP contribution in [-0.2, 0) is 11.2 Å². The molecule has 1 fully saturated rings. The Hall–Kier alpha value is -1.42. The van der Waals surface area contributed by atoms with Gasteiger partial charge in [0.05, 0.1) is 5.54 Å². The molecule has 0 radical (unpaired) electrons. The van der Waals surface area contributed by atoms with Crippen molar-refractivity contribution in [3.63, 3.8) is 0 Å². The van der Waals surface area contributed by atoms with Crippen molar-refractivity contribution in [1.82, 2.24) is 15.6 Å². The van der Waals surface area contributed by atoms with E-state index in [1.54, 1.807) is 7.05 Å². The van der Waals surface area contributed by atoms with Gasteiger partial charge in [0.1, 0.15) is 0 Å². The number of nitrogens with one attached hydrogen (secondary N) is 2. The fourth-order valence-corrected chi connectivity index (χ4v) is 2.30. The van der Waals surface area contributed by atoms with Crippen LogP contribution < -0.4 is 10.6 Å². The van der Waals surface area contributed by atoms with Crippen LogP contribution in [0, 0.1) is 0 Å². The Balaban J connectivity index is 1.83. The van der Waals surface area contributed by atoms with Gasteiger partial charge in [-0.3, -0.25) is 9.78 Å². The number of pyridine rings is 1. The molecule has 0 aromatic carbocycles. The van der Waals surface area contributed by atoms with Gasteiger partial charge in [0.2, 0.25) is 5.91 Å². The predicted molar refractivity (Wildman–Crippen MR) is 66.6 cm³/mol. The maximum atomic E-state index is 11.8. The molecule has 1 aromatic rings. The lowest BCUT2D eigenvalue weighted by atomic mass is 9.82. The highest BCUT2D eigenvalue weighted by molar-refractivity contribution is 5.87. The first-order chi connectivity index (χ1) is 8.27. The van der Waals surface area contributed by atoms with E-state index in [1.807, 2.05) is 24.4 Å². The molecule has 2 rings (SSSR count). The zero-order valence-electron chi connectivity index (χ0n) is 10.2. The lowest BCUT2D eigenvalue weighted by Gasteiger charge is -2.41. The molecule has 1 aliphatic heterocycles. The van der Waals surface area contributed by atoms with Crippen LogP contribution in [0.5, 0.6) is 0 Å². The highest BCUT2D eigenvalue weighted by Crippen LogP contribution is 2.25. The van der Waals surface area contributed by atoms with Gasteiger partial charge in [-0.15, -0.1) is 0 Å². The molecule has 1 amide bonds. The van der Waals surface area contributed by atoms with Crippen molar-refractivity contribution >= 4 is 5.91 Å². The standard InChI is InChI=1S/C13H19N3O/c1-14-12(17)13(8-10-16-13)7-4-6-11-5-2-3-9-15-11/h2-3,5,9,16H,4,6-8,10H2,1H3,(H,14,17). The molecule has 0 bridgehead atoms. The molecule has 17 heavy (non-hydrogen) atoms. The quantitative estimate of drug-likeness (QED) is 0.794. The molecule has 92 valence electrons. The van der Waals surface area contributed by atoms with Gasteiger partial charge in [0.25, 0.3) is 0 Å². The van der Waals surface area contributed by atoms with Gasteiger partial charge in [-0.25, -0.2) is 0 Å². The van der Waals surface area contributed by atoms with Crippen LogP contribution in [0.1, 0.15) is 25.0 Å². The highest BCUT2D eigenvalue weighted by Gasteiger charge is 2.42. The highest BCUT2D eigenvalue weighted by atomic mass is 16.2.